The third kappa shape index (κ3) is 4.84. The number of hydrogen-bond acceptors (Lipinski definition) is 5. The number of aromatic nitrogens is 2. The van der Waals surface area contributed by atoms with Crippen LogP contribution in [0.2, 0.25) is 0 Å². The Balaban J connectivity index is 1.56. The van der Waals surface area contributed by atoms with Gasteiger partial charge in [-0.05, 0) is 42.3 Å². The summed E-state index contributed by atoms with van der Waals surface area (Å²) in [6, 6.07) is 12.9. The largest absolute Gasteiger partial charge is 0.338 e. The summed E-state index contributed by atoms with van der Waals surface area (Å²) in [6.45, 7) is 4.01. The van der Waals surface area contributed by atoms with Gasteiger partial charge in [0.05, 0.1) is 5.69 Å². The molecule has 0 atom stereocenters. The third-order valence-corrected chi connectivity index (χ3v) is 4.37. The van der Waals surface area contributed by atoms with Gasteiger partial charge in [0.25, 0.3) is 0 Å². The second kappa shape index (κ2) is 7.85. The summed E-state index contributed by atoms with van der Waals surface area (Å²) in [7, 11) is 0. The van der Waals surface area contributed by atoms with Crippen LogP contribution in [0.15, 0.2) is 69.2 Å². The third-order valence-electron chi connectivity index (χ3n) is 3.35. The molecule has 2 amide bonds. The molecule has 0 spiro atoms. The van der Waals surface area contributed by atoms with Crippen molar-refractivity contribution in [2.45, 2.75) is 29.6 Å². The molecule has 0 radical (unpaired) electrons. The van der Waals surface area contributed by atoms with Gasteiger partial charge < -0.3 is 9.84 Å². The SMILES string of the molecule is CC(C)c1cc(NC(=O)Nc2ccc(Sc3ccncc3)cc2)on1. The van der Waals surface area contributed by atoms with E-state index in [0.717, 1.165) is 15.5 Å². The number of amides is 2. The number of carbonyl (C=O) groups excluding carboxylic acids is 1. The molecule has 2 aromatic heterocycles. The van der Waals surface area contributed by atoms with Crippen molar-refractivity contribution in [1.29, 1.82) is 0 Å². The van der Waals surface area contributed by atoms with Gasteiger partial charge in [-0.3, -0.25) is 10.3 Å². The quantitative estimate of drug-likeness (QED) is 0.675. The fourth-order valence-electron chi connectivity index (χ4n) is 2.04. The van der Waals surface area contributed by atoms with Crippen LogP contribution in [0.25, 0.3) is 0 Å². The lowest BCUT2D eigenvalue weighted by Crippen LogP contribution is -2.18. The number of benzene rings is 1. The Kier molecular flexibility index (Phi) is 5.35. The predicted octanol–water partition coefficient (Wildman–Crippen LogP) is 4.99. The number of hydrogen-bond donors (Lipinski definition) is 2. The van der Waals surface area contributed by atoms with Gasteiger partial charge in [-0.15, -0.1) is 0 Å². The first-order valence-corrected chi connectivity index (χ1v) is 8.64. The van der Waals surface area contributed by atoms with E-state index in [4.69, 9.17) is 4.52 Å². The Morgan fingerprint density at radius 2 is 1.72 bits per heavy atom. The lowest BCUT2D eigenvalue weighted by Gasteiger charge is -2.06. The highest BCUT2D eigenvalue weighted by molar-refractivity contribution is 7.99. The van der Waals surface area contributed by atoms with Crippen molar-refractivity contribution in [3.05, 3.63) is 60.6 Å². The zero-order valence-electron chi connectivity index (χ0n) is 13.9. The first-order valence-electron chi connectivity index (χ1n) is 7.83. The predicted molar refractivity (Wildman–Crippen MR) is 98.0 cm³/mol. The summed E-state index contributed by atoms with van der Waals surface area (Å²) >= 11 is 1.63. The average molecular weight is 354 g/mol. The van der Waals surface area contributed by atoms with E-state index in [9.17, 15) is 4.79 Å². The van der Waals surface area contributed by atoms with Crippen molar-refractivity contribution in [2.24, 2.45) is 0 Å². The minimum atomic E-state index is -0.374. The minimum absolute atomic E-state index is 0.243. The number of carbonyl (C=O) groups is 1. The molecule has 6 nitrogen and oxygen atoms in total. The van der Waals surface area contributed by atoms with Crippen molar-refractivity contribution in [1.82, 2.24) is 10.1 Å². The Morgan fingerprint density at radius 1 is 1.04 bits per heavy atom. The van der Waals surface area contributed by atoms with Crippen molar-refractivity contribution < 1.29 is 9.32 Å². The van der Waals surface area contributed by atoms with E-state index in [-0.39, 0.29) is 11.9 Å². The van der Waals surface area contributed by atoms with Crippen LogP contribution in [0.4, 0.5) is 16.4 Å². The second-order valence-electron chi connectivity index (χ2n) is 5.66. The molecule has 3 aromatic rings. The van der Waals surface area contributed by atoms with Gasteiger partial charge in [0.1, 0.15) is 0 Å². The number of rotatable bonds is 5. The van der Waals surface area contributed by atoms with Crippen molar-refractivity contribution >= 4 is 29.4 Å². The van der Waals surface area contributed by atoms with Crippen molar-refractivity contribution in [3.8, 4) is 0 Å². The highest BCUT2D eigenvalue weighted by atomic mass is 32.2. The Labute approximate surface area is 150 Å². The molecule has 0 saturated carbocycles. The van der Waals surface area contributed by atoms with Crippen LogP contribution in [0, 0.1) is 0 Å². The molecule has 2 heterocycles. The molecule has 25 heavy (non-hydrogen) atoms. The molecule has 7 heteroatoms. The van der Waals surface area contributed by atoms with Crippen LogP contribution in [0.5, 0.6) is 0 Å². The van der Waals surface area contributed by atoms with E-state index in [1.54, 1.807) is 30.2 Å². The maximum absolute atomic E-state index is 12.0. The number of pyridine rings is 1. The lowest BCUT2D eigenvalue weighted by atomic mass is 10.1. The fourth-order valence-corrected chi connectivity index (χ4v) is 2.84. The van der Waals surface area contributed by atoms with Gasteiger partial charge in [-0.2, -0.15) is 0 Å². The van der Waals surface area contributed by atoms with Gasteiger partial charge in [0, 0.05) is 33.9 Å². The molecule has 0 fully saturated rings. The molecule has 0 saturated heterocycles. The van der Waals surface area contributed by atoms with E-state index in [1.807, 2.05) is 50.2 Å². The summed E-state index contributed by atoms with van der Waals surface area (Å²) in [4.78, 5) is 18.2. The molecule has 0 aliphatic carbocycles. The zero-order chi connectivity index (χ0) is 17.6. The van der Waals surface area contributed by atoms with Crippen molar-refractivity contribution in [3.63, 3.8) is 0 Å². The van der Waals surface area contributed by atoms with Crippen LogP contribution in [-0.4, -0.2) is 16.2 Å². The fraction of sp³-hybridized carbons (Fsp3) is 0.167. The maximum atomic E-state index is 12.0. The minimum Gasteiger partial charge on any atom is -0.338 e. The summed E-state index contributed by atoms with van der Waals surface area (Å²) < 4.78 is 5.09. The summed E-state index contributed by atoms with van der Waals surface area (Å²) in [6.07, 6.45) is 3.52. The smallest absolute Gasteiger partial charge is 0.326 e. The zero-order valence-corrected chi connectivity index (χ0v) is 14.7. The van der Waals surface area contributed by atoms with E-state index in [0.29, 0.717) is 11.6 Å². The lowest BCUT2D eigenvalue weighted by molar-refractivity contribution is 0.261. The van der Waals surface area contributed by atoms with E-state index in [1.165, 1.54) is 0 Å². The number of nitrogens with one attached hydrogen (secondary N) is 2. The summed E-state index contributed by atoms with van der Waals surface area (Å²) in [5.41, 5.74) is 1.49. The van der Waals surface area contributed by atoms with Gasteiger partial charge >= 0.3 is 6.03 Å². The Hall–Kier alpha value is -2.80. The molecule has 0 bridgehead atoms. The van der Waals surface area contributed by atoms with Gasteiger partial charge in [0.15, 0.2) is 0 Å². The van der Waals surface area contributed by atoms with E-state index >= 15 is 0 Å². The topological polar surface area (TPSA) is 80.0 Å². The number of nitrogens with zero attached hydrogens (tertiary/aromatic N) is 2. The highest BCUT2D eigenvalue weighted by Crippen LogP contribution is 2.28. The van der Waals surface area contributed by atoms with Crippen LogP contribution < -0.4 is 10.6 Å². The Morgan fingerprint density at radius 3 is 2.36 bits per heavy atom. The molecule has 0 unspecified atom stereocenters. The van der Waals surface area contributed by atoms with Gasteiger partial charge in [-0.25, -0.2) is 4.79 Å². The first kappa shape index (κ1) is 17.0. The standard InChI is InChI=1S/C18H18N4O2S/c1-12(2)16-11-17(24-22-16)21-18(23)20-13-3-5-14(6-4-13)25-15-7-9-19-10-8-15/h3-12H,1-2H3,(H2,20,21,23). The molecule has 0 aliphatic rings. The molecule has 1 aromatic carbocycles. The molecular weight excluding hydrogens is 336 g/mol. The molecule has 2 N–H and O–H groups in total. The van der Waals surface area contributed by atoms with Crippen LogP contribution in [0.1, 0.15) is 25.5 Å². The molecule has 0 aliphatic heterocycles. The average Bonchev–Trinajstić information content (AvgIpc) is 3.06. The summed E-state index contributed by atoms with van der Waals surface area (Å²) in [5, 5.41) is 9.29. The highest BCUT2D eigenvalue weighted by Gasteiger charge is 2.10. The molecular formula is C18H18N4O2S. The van der Waals surface area contributed by atoms with E-state index in [2.05, 4.69) is 20.8 Å². The summed E-state index contributed by atoms with van der Waals surface area (Å²) in [5.74, 6) is 0.568. The van der Waals surface area contributed by atoms with E-state index < -0.39 is 0 Å². The monoisotopic (exact) mass is 354 g/mol. The Bertz CT molecular complexity index is 832. The van der Waals surface area contributed by atoms with Crippen molar-refractivity contribution in [2.75, 3.05) is 10.6 Å². The normalized spacial score (nSPS) is 10.7. The number of anilines is 2. The number of urea groups is 1. The second-order valence-corrected chi connectivity index (χ2v) is 6.81. The van der Waals surface area contributed by atoms with Crippen LogP contribution in [0.3, 0.4) is 0 Å². The van der Waals surface area contributed by atoms with Gasteiger partial charge in [-0.1, -0.05) is 30.8 Å². The molecule has 3 rings (SSSR count). The first-order chi connectivity index (χ1) is 12.1. The van der Waals surface area contributed by atoms with Gasteiger partial charge in [0.2, 0.25) is 5.88 Å². The maximum Gasteiger partial charge on any atom is 0.326 e. The molecule has 128 valence electrons. The van der Waals surface area contributed by atoms with Crippen LogP contribution in [-0.2, 0) is 0 Å². The van der Waals surface area contributed by atoms with Crippen LogP contribution >= 0.6 is 11.8 Å².